The summed E-state index contributed by atoms with van der Waals surface area (Å²) in [5.41, 5.74) is -0.187. The first-order valence-electron chi connectivity index (χ1n) is 5.35. The second kappa shape index (κ2) is 4.34. The fraction of sp³-hybridized carbons (Fsp3) is 0.333. The normalized spacial score (nSPS) is 15.9. The molecule has 2 rings (SSSR count). The van der Waals surface area contributed by atoms with Gasteiger partial charge in [0, 0.05) is 0 Å². The van der Waals surface area contributed by atoms with Gasteiger partial charge in [-0.05, 0) is 30.9 Å². The molecule has 1 saturated carbocycles. The lowest BCUT2D eigenvalue weighted by Crippen LogP contribution is -2.35. The molecule has 1 aliphatic rings. The number of aromatic hydroxyl groups is 2. The van der Waals surface area contributed by atoms with Crippen LogP contribution in [0, 0.1) is 17.2 Å². The molecule has 0 bridgehead atoms. The van der Waals surface area contributed by atoms with E-state index in [1.165, 1.54) is 18.2 Å². The Kier molecular flexibility index (Phi) is 2.88. The first kappa shape index (κ1) is 11.3. The number of hydrogen-bond donors (Lipinski definition) is 3. The average Bonchev–Trinajstić information content (AvgIpc) is 3.09. The quantitative estimate of drug-likeness (QED) is 0.728. The first-order chi connectivity index (χ1) is 8.13. The number of nitriles is 1. The van der Waals surface area contributed by atoms with Crippen LogP contribution in [0.5, 0.6) is 11.5 Å². The Morgan fingerprint density at radius 1 is 1.41 bits per heavy atom. The van der Waals surface area contributed by atoms with Gasteiger partial charge in [0.05, 0.1) is 6.07 Å². The molecular weight excluding hydrogens is 220 g/mol. The van der Waals surface area contributed by atoms with Crippen LogP contribution in [0.15, 0.2) is 18.2 Å². The van der Waals surface area contributed by atoms with Gasteiger partial charge >= 0.3 is 0 Å². The van der Waals surface area contributed by atoms with Crippen molar-refractivity contribution in [2.24, 2.45) is 5.92 Å². The molecular formula is C12H12N2O3. The van der Waals surface area contributed by atoms with E-state index in [0.29, 0.717) is 0 Å². The zero-order valence-corrected chi connectivity index (χ0v) is 9.05. The van der Waals surface area contributed by atoms with Crippen LogP contribution < -0.4 is 5.32 Å². The lowest BCUT2D eigenvalue weighted by molar-refractivity contribution is 0.0936. The molecule has 1 aromatic rings. The molecule has 0 saturated heterocycles. The van der Waals surface area contributed by atoms with Crippen molar-refractivity contribution in [1.82, 2.24) is 5.32 Å². The predicted molar refractivity (Wildman–Crippen MR) is 59.4 cm³/mol. The highest BCUT2D eigenvalue weighted by molar-refractivity contribution is 5.99. The van der Waals surface area contributed by atoms with Gasteiger partial charge in [-0.3, -0.25) is 4.79 Å². The maximum absolute atomic E-state index is 11.8. The van der Waals surface area contributed by atoms with Gasteiger partial charge in [-0.1, -0.05) is 6.07 Å². The Hall–Kier alpha value is -2.22. The molecule has 0 heterocycles. The highest BCUT2D eigenvalue weighted by atomic mass is 16.3. The summed E-state index contributed by atoms with van der Waals surface area (Å²) in [4.78, 5) is 11.8. The van der Waals surface area contributed by atoms with Gasteiger partial charge in [-0.2, -0.15) is 5.26 Å². The Morgan fingerprint density at radius 3 is 2.47 bits per heavy atom. The number of benzene rings is 1. The van der Waals surface area contributed by atoms with Gasteiger partial charge in [0.25, 0.3) is 5.91 Å². The summed E-state index contributed by atoms with van der Waals surface area (Å²) in [6, 6.07) is 5.51. The topological polar surface area (TPSA) is 93.4 Å². The molecule has 88 valence electrons. The molecule has 1 amide bonds. The number of phenolic OH excluding ortho intramolecular Hbond substituents is 2. The van der Waals surface area contributed by atoms with Crippen LogP contribution in [0.2, 0.25) is 0 Å². The fourth-order valence-corrected chi connectivity index (χ4v) is 1.66. The summed E-state index contributed by atoms with van der Waals surface area (Å²) in [7, 11) is 0. The van der Waals surface area contributed by atoms with Gasteiger partial charge in [0.1, 0.15) is 23.1 Å². The molecule has 1 fully saturated rings. The maximum atomic E-state index is 11.8. The summed E-state index contributed by atoms with van der Waals surface area (Å²) in [5.74, 6) is -1.03. The van der Waals surface area contributed by atoms with Crippen LogP contribution in [0.25, 0.3) is 0 Å². The number of hydrogen-bond acceptors (Lipinski definition) is 4. The minimum absolute atomic E-state index is 0.187. The lowest BCUT2D eigenvalue weighted by atomic mass is 10.1. The van der Waals surface area contributed by atoms with Crippen molar-refractivity contribution in [3.8, 4) is 17.6 Å². The third-order valence-corrected chi connectivity index (χ3v) is 2.77. The maximum Gasteiger partial charge on any atom is 0.259 e. The molecule has 0 aromatic heterocycles. The highest BCUT2D eigenvalue weighted by Gasteiger charge is 2.33. The Morgan fingerprint density at radius 2 is 2.00 bits per heavy atom. The van der Waals surface area contributed by atoms with E-state index in [9.17, 15) is 15.0 Å². The third kappa shape index (κ3) is 2.31. The van der Waals surface area contributed by atoms with E-state index in [0.717, 1.165) is 12.8 Å². The first-order valence-corrected chi connectivity index (χ1v) is 5.35. The fourth-order valence-electron chi connectivity index (χ4n) is 1.66. The van der Waals surface area contributed by atoms with Gasteiger partial charge in [0.15, 0.2) is 0 Å². The van der Waals surface area contributed by atoms with Crippen molar-refractivity contribution in [2.45, 2.75) is 18.9 Å². The van der Waals surface area contributed by atoms with Crippen LogP contribution >= 0.6 is 0 Å². The van der Waals surface area contributed by atoms with Crippen molar-refractivity contribution in [3.05, 3.63) is 23.8 Å². The molecule has 0 aliphatic heterocycles. The zero-order valence-electron chi connectivity index (χ0n) is 9.05. The van der Waals surface area contributed by atoms with Gasteiger partial charge in [-0.15, -0.1) is 0 Å². The zero-order chi connectivity index (χ0) is 12.4. The smallest absolute Gasteiger partial charge is 0.259 e. The molecule has 17 heavy (non-hydrogen) atoms. The molecule has 0 spiro atoms. The van der Waals surface area contributed by atoms with Crippen LogP contribution in [-0.4, -0.2) is 22.2 Å². The number of carbonyl (C=O) groups excluding carboxylic acids is 1. The van der Waals surface area contributed by atoms with Gasteiger partial charge < -0.3 is 15.5 Å². The molecule has 0 radical (unpaired) electrons. The second-order valence-corrected chi connectivity index (χ2v) is 4.09. The summed E-state index contributed by atoms with van der Waals surface area (Å²) in [6.45, 7) is 0. The summed E-state index contributed by atoms with van der Waals surface area (Å²) in [5, 5.41) is 30.4. The molecule has 5 heteroatoms. The molecule has 5 nitrogen and oxygen atoms in total. The van der Waals surface area contributed by atoms with E-state index in [4.69, 9.17) is 5.26 Å². The molecule has 1 aliphatic carbocycles. The predicted octanol–water partition coefficient (Wildman–Crippen LogP) is 1.13. The number of nitrogens with one attached hydrogen (secondary N) is 1. The van der Waals surface area contributed by atoms with Crippen molar-refractivity contribution >= 4 is 5.91 Å². The van der Waals surface area contributed by atoms with Crippen molar-refractivity contribution in [3.63, 3.8) is 0 Å². The van der Waals surface area contributed by atoms with Crippen LogP contribution in [-0.2, 0) is 0 Å². The van der Waals surface area contributed by atoms with E-state index >= 15 is 0 Å². The minimum Gasteiger partial charge on any atom is -0.507 e. The van der Waals surface area contributed by atoms with Crippen molar-refractivity contribution in [1.29, 1.82) is 5.26 Å². The molecule has 1 unspecified atom stereocenters. The molecule has 1 atom stereocenters. The number of amides is 1. The van der Waals surface area contributed by atoms with E-state index in [-0.39, 0.29) is 23.0 Å². The van der Waals surface area contributed by atoms with Gasteiger partial charge in [-0.25, -0.2) is 0 Å². The largest absolute Gasteiger partial charge is 0.507 e. The Labute approximate surface area is 98.3 Å². The van der Waals surface area contributed by atoms with E-state index in [2.05, 4.69) is 5.32 Å². The molecule has 3 N–H and O–H groups in total. The Balaban J connectivity index is 2.17. The summed E-state index contributed by atoms with van der Waals surface area (Å²) in [6.07, 6.45) is 1.84. The standard InChI is InChI=1S/C12H12N2O3/c13-6-8(7-4-5-7)14-12(17)11-9(15)2-1-3-10(11)16/h1-3,7-8,15-16H,4-5H2,(H,14,17). The van der Waals surface area contributed by atoms with Crippen molar-refractivity contribution < 1.29 is 15.0 Å². The molecule has 1 aromatic carbocycles. The van der Waals surface area contributed by atoms with Gasteiger partial charge in [0.2, 0.25) is 0 Å². The highest BCUT2D eigenvalue weighted by Crippen LogP contribution is 2.33. The minimum atomic E-state index is -0.626. The SMILES string of the molecule is N#CC(NC(=O)c1c(O)cccc1O)C1CC1. The summed E-state index contributed by atoms with van der Waals surface area (Å²) >= 11 is 0. The number of nitrogens with zero attached hydrogens (tertiary/aromatic N) is 1. The van der Waals surface area contributed by atoms with E-state index in [1.54, 1.807) is 0 Å². The van der Waals surface area contributed by atoms with Crippen LogP contribution in [0.3, 0.4) is 0 Å². The van der Waals surface area contributed by atoms with Crippen LogP contribution in [0.1, 0.15) is 23.2 Å². The third-order valence-electron chi connectivity index (χ3n) is 2.77. The Bertz CT molecular complexity index is 469. The number of phenols is 2. The number of carbonyl (C=O) groups is 1. The van der Waals surface area contributed by atoms with E-state index in [1.807, 2.05) is 6.07 Å². The van der Waals surface area contributed by atoms with Crippen molar-refractivity contribution in [2.75, 3.05) is 0 Å². The number of rotatable bonds is 3. The summed E-state index contributed by atoms with van der Waals surface area (Å²) < 4.78 is 0. The monoisotopic (exact) mass is 232 g/mol. The van der Waals surface area contributed by atoms with E-state index < -0.39 is 11.9 Å². The average molecular weight is 232 g/mol. The lowest BCUT2D eigenvalue weighted by Gasteiger charge is -2.12. The van der Waals surface area contributed by atoms with Crippen LogP contribution in [0.4, 0.5) is 0 Å². The second-order valence-electron chi connectivity index (χ2n) is 4.09.